The highest BCUT2D eigenvalue weighted by Gasteiger charge is 2.15. The minimum Gasteiger partial charge on any atom is -0.207 e. The molecule has 0 aliphatic heterocycles. The molecule has 100 valence electrons. The third kappa shape index (κ3) is 3.35. The Labute approximate surface area is 117 Å². The Morgan fingerprint density at radius 3 is 2.58 bits per heavy atom. The van der Waals surface area contributed by atoms with E-state index in [9.17, 15) is 8.42 Å². The summed E-state index contributed by atoms with van der Waals surface area (Å²) in [5.74, 6) is 0.371. The maximum absolute atomic E-state index is 12.2. The second-order valence-corrected chi connectivity index (χ2v) is 6.00. The predicted molar refractivity (Wildman–Crippen MR) is 79.0 cm³/mol. The van der Waals surface area contributed by atoms with Crippen LogP contribution in [0.1, 0.15) is 0 Å². The standard InChI is InChI=1S/C14H14ClNO2S/c15-10-3-4-11-16-19(17,18)14-9-5-7-12-6-1-2-8-13(12)14/h1-9,16H,10-11H2/b4-3+. The molecule has 0 saturated carbocycles. The lowest BCUT2D eigenvalue weighted by Crippen LogP contribution is -2.24. The molecule has 0 amide bonds. The van der Waals surface area contributed by atoms with Gasteiger partial charge in [0.1, 0.15) is 0 Å². The Balaban J connectivity index is 2.35. The SMILES string of the molecule is O=S(=O)(NC/C=C/CCl)c1cccc2ccccc12. The van der Waals surface area contributed by atoms with E-state index in [4.69, 9.17) is 11.6 Å². The second-order valence-electron chi connectivity index (χ2n) is 3.95. The number of benzene rings is 2. The van der Waals surface area contributed by atoms with Gasteiger partial charge < -0.3 is 0 Å². The molecule has 0 spiro atoms. The van der Waals surface area contributed by atoms with Crippen LogP contribution in [0.3, 0.4) is 0 Å². The molecule has 19 heavy (non-hydrogen) atoms. The first-order valence-electron chi connectivity index (χ1n) is 5.83. The van der Waals surface area contributed by atoms with Crippen LogP contribution >= 0.6 is 11.6 Å². The average molecular weight is 296 g/mol. The van der Waals surface area contributed by atoms with Gasteiger partial charge in [-0.15, -0.1) is 11.6 Å². The summed E-state index contributed by atoms with van der Waals surface area (Å²) in [6, 6.07) is 12.6. The van der Waals surface area contributed by atoms with Gasteiger partial charge in [0, 0.05) is 17.8 Å². The van der Waals surface area contributed by atoms with Gasteiger partial charge in [-0.1, -0.05) is 48.6 Å². The van der Waals surface area contributed by atoms with Gasteiger partial charge in [-0.25, -0.2) is 13.1 Å². The van der Waals surface area contributed by atoms with Crippen molar-refractivity contribution in [3.63, 3.8) is 0 Å². The van der Waals surface area contributed by atoms with Gasteiger partial charge in [-0.2, -0.15) is 0 Å². The van der Waals surface area contributed by atoms with Crippen molar-refractivity contribution in [3.05, 3.63) is 54.6 Å². The van der Waals surface area contributed by atoms with E-state index in [1.807, 2.05) is 24.3 Å². The Hall–Kier alpha value is -1.36. The van der Waals surface area contributed by atoms with E-state index >= 15 is 0 Å². The molecule has 0 fully saturated rings. The Kier molecular flexibility index (Phi) is 4.58. The number of hydrogen-bond acceptors (Lipinski definition) is 2. The van der Waals surface area contributed by atoms with Crippen molar-refractivity contribution in [2.24, 2.45) is 0 Å². The van der Waals surface area contributed by atoms with Gasteiger partial charge >= 0.3 is 0 Å². The number of nitrogens with one attached hydrogen (secondary N) is 1. The fourth-order valence-electron chi connectivity index (χ4n) is 1.81. The van der Waals surface area contributed by atoms with Crippen LogP contribution in [0.2, 0.25) is 0 Å². The number of halogens is 1. The molecule has 5 heteroatoms. The highest BCUT2D eigenvalue weighted by Crippen LogP contribution is 2.22. The van der Waals surface area contributed by atoms with Gasteiger partial charge in [0.2, 0.25) is 10.0 Å². The summed E-state index contributed by atoms with van der Waals surface area (Å²) in [6.07, 6.45) is 3.39. The van der Waals surface area contributed by atoms with Crippen LogP contribution in [0, 0.1) is 0 Å². The minimum absolute atomic E-state index is 0.234. The van der Waals surface area contributed by atoms with Crippen molar-refractivity contribution in [2.75, 3.05) is 12.4 Å². The molecule has 2 rings (SSSR count). The lowest BCUT2D eigenvalue weighted by Gasteiger charge is -2.08. The summed E-state index contributed by atoms with van der Waals surface area (Å²) in [4.78, 5) is 0.296. The van der Waals surface area contributed by atoms with Gasteiger partial charge in [0.15, 0.2) is 0 Å². The number of allylic oxidation sites excluding steroid dienone is 1. The molecular weight excluding hydrogens is 282 g/mol. The molecule has 0 aromatic heterocycles. The molecule has 0 aliphatic rings. The molecule has 0 aliphatic carbocycles. The van der Waals surface area contributed by atoms with Crippen LogP contribution in [-0.2, 0) is 10.0 Å². The van der Waals surface area contributed by atoms with Crippen LogP contribution in [0.4, 0.5) is 0 Å². The van der Waals surface area contributed by atoms with E-state index in [1.165, 1.54) is 0 Å². The number of fused-ring (bicyclic) bond motifs is 1. The fourth-order valence-corrected chi connectivity index (χ4v) is 3.14. The normalized spacial score (nSPS) is 12.3. The van der Waals surface area contributed by atoms with E-state index in [2.05, 4.69) is 4.72 Å². The molecule has 0 radical (unpaired) electrons. The first-order valence-corrected chi connectivity index (χ1v) is 7.85. The smallest absolute Gasteiger partial charge is 0.207 e. The molecular formula is C14H14ClNO2S. The van der Waals surface area contributed by atoms with E-state index < -0.39 is 10.0 Å². The van der Waals surface area contributed by atoms with E-state index in [0.29, 0.717) is 10.8 Å². The highest BCUT2D eigenvalue weighted by molar-refractivity contribution is 7.89. The van der Waals surface area contributed by atoms with Crippen molar-refractivity contribution in [1.29, 1.82) is 0 Å². The van der Waals surface area contributed by atoms with Crippen molar-refractivity contribution in [3.8, 4) is 0 Å². The third-order valence-corrected chi connectivity index (χ3v) is 4.35. The highest BCUT2D eigenvalue weighted by atomic mass is 35.5. The number of alkyl halides is 1. The number of rotatable bonds is 5. The van der Waals surface area contributed by atoms with Crippen LogP contribution in [0.15, 0.2) is 59.5 Å². The molecule has 0 unspecified atom stereocenters. The molecule has 0 atom stereocenters. The second kappa shape index (κ2) is 6.19. The Morgan fingerprint density at radius 1 is 1.05 bits per heavy atom. The summed E-state index contributed by atoms with van der Waals surface area (Å²) in [5, 5.41) is 1.63. The number of hydrogen-bond donors (Lipinski definition) is 1. The van der Waals surface area contributed by atoms with Crippen LogP contribution < -0.4 is 4.72 Å². The lowest BCUT2D eigenvalue weighted by molar-refractivity contribution is 0.586. The minimum atomic E-state index is -3.51. The van der Waals surface area contributed by atoms with Crippen LogP contribution in [-0.4, -0.2) is 20.8 Å². The topological polar surface area (TPSA) is 46.2 Å². The monoisotopic (exact) mass is 295 g/mol. The molecule has 0 saturated heterocycles. The Bertz CT molecular complexity index is 690. The van der Waals surface area contributed by atoms with E-state index in [-0.39, 0.29) is 6.54 Å². The Morgan fingerprint density at radius 2 is 1.79 bits per heavy atom. The first-order chi connectivity index (χ1) is 9.15. The summed E-state index contributed by atoms with van der Waals surface area (Å²) in [6.45, 7) is 0.234. The summed E-state index contributed by atoms with van der Waals surface area (Å²) in [5.41, 5.74) is 0. The average Bonchev–Trinajstić information content (AvgIpc) is 2.43. The van der Waals surface area contributed by atoms with E-state index in [0.717, 1.165) is 10.8 Å². The zero-order valence-electron chi connectivity index (χ0n) is 10.2. The summed E-state index contributed by atoms with van der Waals surface area (Å²) < 4.78 is 27.0. The van der Waals surface area contributed by atoms with Gasteiger partial charge in [0.05, 0.1) is 4.90 Å². The molecule has 3 nitrogen and oxygen atoms in total. The molecule has 2 aromatic carbocycles. The zero-order valence-corrected chi connectivity index (χ0v) is 11.8. The molecule has 2 aromatic rings. The zero-order chi connectivity index (χ0) is 13.7. The van der Waals surface area contributed by atoms with Gasteiger partial charge in [0.25, 0.3) is 0 Å². The van der Waals surface area contributed by atoms with Crippen molar-refractivity contribution in [2.45, 2.75) is 4.90 Å². The van der Waals surface area contributed by atoms with Crippen molar-refractivity contribution in [1.82, 2.24) is 4.72 Å². The quantitative estimate of drug-likeness (QED) is 0.681. The molecule has 0 bridgehead atoms. The predicted octanol–water partition coefficient (Wildman–Crippen LogP) is 2.91. The number of sulfonamides is 1. The summed E-state index contributed by atoms with van der Waals surface area (Å²) >= 11 is 5.48. The van der Waals surface area contributed by atoms with Crippen LogP contribution in [0.25, 0.3) is 10.8 Å². The van der Waals surface area contributed by atoms with E-state index in [1.54, 1.807) is 30.4 Å². The van der Waals surface area contributed by atoms with Gasteiger partial charge in [-0.05, 0) is 11.5 Å². The van der Waals surface area contributed by atoms with Gasteiger partial charge in [-0.3, -0.25) is 0 Å². The fraction of sp³-hybridized carbons (Fsp3) is 0.143. The molecule has 0 heterocycles. The third-order valence-electron chi connectivity index (χ3n) is 2.69. The van der Waals surface area contributed by atoms with Crippen molar-refractivity contribution < 1.29 is 8.42 Å². The van der Waals surface area contributed by atoms with Crippen molar-refractivity contribution >= 4 is 32.4 Å². The van der Waals surface area contributed by atoms with Crippen LogP contribution in [0.5, 0.6) is 0 Å². The largest absolute Gasteiger partial charge is 0.241 e. The molecule has 1 N–H and O–H groups in total. The summed E-state index contributed by atoms with van der Waals surface area (Å²) in [7, 11) is -3.51. The first kappa shape index (κ1) is 14.1. The maximum atomic E-state index is 12.2. The lowest BCUT2D eigenvalue weighted by atomic mass is 10.1. The maximum Gasteiger partial charge on any atom is 0.241 e.